The molecule has 1 N–H and O–H groups in total. The van der Waals surface area contributed by atoms with Crippen LogP contribution in [0.3, 0.4) is 0 Å². The van der Waals surface area contributed by atoms with Crippen LogP contribution in [0.5, 0.6) is 5.75 Å². The Morgan fingerprint density at radius 3 is 2.69 bits per heavy atom. The number of hydrogen-bond acceptors (Lipinski definition) is 4. The van der Waals surface area contributed by atoms with Crippen LogP contribution in [0, 0.1) is 13.8 Å². The predicted molar refractivity (Wildman–Crippen MR) is 121 cm³/mol. The van der Waals surface area contributed by atoms with Crippen molar-refractivity contribution in [1.29, 1.82) is 0 Å². The van der Waals surface area contributed by atoms with Crippen LogP contribution in [0.4, 0.5) is 11.5 Å². The summed E-state index contributed by atoms with van der Waals surface area (Å²) in [6, 6.07) is 14.4. The summed E-state index contributed by atoms with van der Waals surface area (Å²) in [6.45, 7) is 7.69. The monoisotopic (exact) mass is 454 g/mol. The molecule has 1 aliphatic rings. The molecule has 0 saturated carbocycles. The highest BCUT2D eigenvalue weighted by Gasteiger charge is 2.21. The summed E-state index contributed by atoms with van der Waals surface area (Å²) in [5.74, 6) is 1.75. The number of halogens is 1. The van der Waals surface area contributed by atoms with Crippen LogP contribution in [0.2, 0.25) is 0 Å². The minimum atomic E-state index is 0.555. The van der Waals surface area contributed by atoms with Gasteiger partial charge < -0.3 is 15.0 Å². The zero-order valence-corrected chi connectivity index (χ0v) is 18.8. The maximum absolute atomic E-state index is 6.11. The number of aromatic nitrogens is 2. The summed E-state index contributed by atoms with van der Waals surface area (Å²) in [7, 11) is 2.16. The first-order valence-electron chi connectivity index (χ1n) is 10.0. The first-order chi connectivity index (χ1) is 14.0. The van der Waals surface area contributed by atoms with Gasteiger partial charge in [0.15, 0.2) is 5.82 Å². The lowest BCUT2D eigenvalue weighted by atomic mass is 10.1. The molecule has 1 aromatic heterocycles. The molecule has 0 amide bonds. The zero-order valence-electron chi connectivity index (χ0n) is 17.2. The number of nitrogens with one attached hydrogen (secondary N) is 1. The summed E-state index contributed by atoms with van der Waals surface area (Å²) in [5.41, 5.74) is 5.69. The van der Waals surface area contributed by atoms with Crippen LogP contribution in [0.25, 0.3) is 0 Å². The number of hydrogen-bond donors (Lipinski definition) is 1. The van der Waals surface area contributed by atoms with Gasteiger partial charge in [0.1, 0.15) is 12.4 Å². The Balaban J connectivity index is 1.58. The maximum Gasteiger partial charge on any atom is 0.167 e. The molecule has 6 heteroatoms. The standard InChI is InChI=1S/C23H27BrN4O/c1-16-10-11-20(29-15-18-8-5-4-6-9-18)17(2)22(16)25-23-21(24)19-14-27(3)12-7-13-28(19)26-23/h4-6,8-11H,7,12-15H2,1-3H3,(H,25,26). The molecule has 0 unspecified atom stereocenters. The van der Waals surface area contributed by atoms with E-state index in [1.807, 2.05) is 24.3 Å². The molecule has 0 radical (unpaired) electrons. The lowest BCUT2D eigenvalue weighted by molar-refractivity contribution is 0.304. The Labute approximate surface area is 180 Å². The average Bonchev–Trinajstić information content (AvgIpc) is 2.88. The molecule has 0 aliphatic carbocycles. The lowest BCUT2D eigenvalue weighted by Gasteiger charge is -2.16. The van der Waals surface area contributed by atoms with Gasteiger partial charge in [-0.1, -0.05) is 36.4 Å². The second-order valence-electron chi connectivity index (χ2n) is 7.70. The average molecular weight is 455 g/mol. The van der Waals surface area contributed by atoms with Crippen molar-refractivity contribution >= 4 is 27.4 Å². The molecular formula is C23H27BrN4O. The van der Waals surface area contributed by atoms with E-state index in [1.165, 1.54) is 11.3 Å². The molecule has 5 nitrogen and oxygen atoms in total. The normalized spacial score (nSPS) is 14.3. The summed E-state index contributed by atoms with van der Waals surface area (Å²) in [6.07, 6.45) is 1.11. The molecule has 0 spiro atoms. The Bertz CT molecular complexity index is 1000. The number of rotatable bonds is 5. The van der Waals surface area contributed by atoms with Crippen molar-refractivity contribution in [3.8, 4) is 5.75 Å². The summed E-state index contributed by atoms with van der Waals surface area (Å²) < 4.78 is 9.28. The predicted octanol–water partition coefficient (Wildman–Crippen LogP) is 5.42. The smallest absolute Gasteiger partial charge is 0.167 e. The van der Waals surface area contributed by atoms with Crippen LogP contribution in [-0.2, 0) is 19.7 Å². The Morgan fingerprint density at radius 2 is 1.90 bits per heavy atom. The molecule has 1 aliphatic heterocycles. The van der Waals surface area contributed by atoms with E-state index < -0.39 is 0 Å². The molecule has 0 bridgehead atoms. The fourth-order valence-electron chi connectivity index (χ4n) is 3.75. The van der Waals surface area contributed by atoms with Gasteiger partial charge in [0, 0.05) is 30.9 Å². The molecule has 2 aromatic carbocycles. The SMILES string of the molecule is Cc1ccc(OCc2ccccc2)c(C)c1Nc1nn2c(c1Br)CN(C)CCC2. The minimum Gasteiger partial charge on any atom is -0.489 e. The Morgan fingerprint density at radius 1 is 1.10 bits per heavy atom. The molecule has 4 rings (SSSR count). The molecule has 0 fully saturated rings. The highest BCUT2D eigenvalue weighted by Crippen LogP contribution is 2.35. The van der Waals surface area contributed by atoms with Gasteiger partial charge in [0.05, 0.1) is 10.2 Å². The van der Waals surface area contributed by atoms with Crippen LogP contribution in [-0.4, -0.2) is 28.3 Å². The van der Waals surface area contributed by atoms with E-state index in [0.717, 1.165) is 58.9 Å². The quantitative estimate of drug-likeness (QED) is 0.558. The van der Waals surface area contributed by atoms with Gasteiger partial charge >= 0.3 is 0 Å². The minimum absolute atomic E-state index is 0.555. The Kier molecular flexibility index (Phi) is 5.92. The second kappa shape index (κ2) is 8.59. The summed E-state index contributed by atoms with van der Waals surface area (Å²) in [4.78, 5) is 2.34. The van der Waals surface area contributed by atoms with Crippen molar-refractivity contribution in [2.75, 3.05) is 18.9 Å². The van der Waals surface area contributed by atoms with Crippen LogP contribution in [0.15, 0.2) is 46.9 Å². The van der Waals surface area contributed by atoms with E-state index in [9.17, 15) is 0 Å². The molecule has 0 saturated heterocycles. The van der Waals surface area contributed by atoms with E-state index in [2.05, 4.69) is 69.9 Å². The first kappa shape index (κ1) is 20.0. The van der Waals surface area contributed by atoms with Crippen molar-refractivity contribution in [2.24, 2.45) is 0 Å². The lowest BCUT2D eigenvalue weighted by Crippen LogP contribution is -2.17. The van der Waals surface area contributed by atoms with Crippen LogP contribution < -0.4 is 10.1 Å². The van der Waals surface area contributed by atoms with Crippen LogP contribution >= 0.6 is 15.9 Å². The van der Waals surface area contributed by atoms with E-state index >= 15 is 0 Å². The van der Waals surface area contributed by atoms with Gasteiger partial charge in [-0.2, -0.15) is 5.10 Å². The zero-order chi connectivity index (χ0) is 20.4. The number of ether oxygens (including phenoxy) is 1. The molecule has 152 valence electrons. The molecule has 3 aromatic rings. The molecule has 29 heavy (non-hydrogen) atoms. The third kappa shape index (κ3) is 4.33. The van der Waals surface area contributed by atoms with Crippen molar-refractivity contribution < 1.29 is 4.74 Å². The number of aryl methyl sites for hydroxylation is 2. The van der Waals surface area contributed by atoms with E-state index in [1.54, 1.807) is 0 Å². The highest BCUT2D eigenvalue weighted by molar-refractivity contribution is 9.10. The van der Waals surface area contributed by atoms with Gasteiger partial charge in [-0.3, -0.25) is 4.68 Å². The van der Waals surface area contributed by atoms with E-state index in [0.29, 0.717) is 6.61 Å². The first-order valence-corrected chi connectivity index (χ1v) is 10.8. The molecule has 0 atom stereocenters. The molecule has 2 heterocycles. The second-order valence-corrected chi connectivity index (χ2v) is 8.50. The van der Waals surface area contributed by atoms with Gasteiger partial charge in [-0.15, -0.1) is 0 Å². The van der Waals surface area contributed by atoms with Gasteiger partial charge in [0.2, 0.25) is 0 Å². The topological polar surface area (TPSA) is 42.3 Å². The largest absolute Gasteiger partial charge is 0.489 e. The van der Waals surface area contributed by atoms with Crippen LogP contribution in [0.1, 0.15) is 28.8 Å². The third-order valence-corrected chi connectivity index (χ3v) is 6.26. The summed E-state index contributed by atoms with van der Waals surface area (Å²) >= 11 is 3.78. The van der Waals surface area contributed by atoms with Gasteiger partial charge in [0.25, 0.3) is 0 Å². The maximum atomic E-state index is 6.11. The number of benzene rings is 2. The highest BCUT2D eigenvalue weighted by atomic mass is 79.9. The van der Waals surface area contributed by atoms with Crippen molar-refractivity contribution in [3.63, 3.8) is 0 Å². The van der Waals surface area contributed by atoms with Gasteiger partial charge in [-0.25, -0.2) is 0 Å². The fraction of sp³-hybridized carbons (Fsp3) is 0.348. The Hall–Kier alpha value is -2.31. The number of nitrogens with zero attached hydrogens (tertiary/aromatic N) is 3. The van der Waals surface area contributed by atoms with Gasteiger partial charge in [-0.05, 0) is 60.4 Å². The van der Waals surface area contributed by atoms with Crippen molar-refractivity contribution in [2.45, 2.75) is 40.0 Å². The molecular weight excluding hydrogens is 428 g/mol. The van der Waals surface area contributed by atoms with E-state index in [4.69, 9.17) is 9.84 Å². The van der Waals surface area contributed by atoms with Crippen molar-refractivity contribution in [3.05, 3.63) is 69.3 Å². The summed E-state index contributed by atoms with van der Waals surface area (Å²) in [5, 5.41) is 8.40. The van der Waals surface area contributed by atoms with Crippen molar-refractivity contribution in [1.82, 2.24) is 14.7 Å². The fourth-order valence-corrected chi connectivity index (χ4v) is 4.25. The number of anilines is 2. The van der Waals surface area contributed by atoms with E-state index in [-0.39, 0.29) is 0 Å². The number of fused-ring (bicyclic) bond motifs is 1. The third-order valence-electron chi connectivity index (χ3n) is 5.43.